The molecule has 1 aromatic carbocycles. The van der Waals surface area contributed by atoms with E-state index in [4.69, 9.17) is 15.3 Å². The third kappa shape index (κ3) is 4.10. The molecule has 0 spiro atoms. The highest BCUT2D eigenvalue weighted by Crippen LogP contribution is 2.28. The highest BCUT2D eigenvalue weighted by atomic mass is 16.5. The lowest BCUT2D eigenvalue weighted by atomic mass is 10.1. The molecule has 0 saturated carbocycles. The number of pyridine rings is 1. The number of urea groups is 1. The van der Waals surface area contributed by atoms with Crippen LogP contribution in [-0.4, -0.2) is 18.1 Å². The van der Waals surface area contributed by atoms with Crippen molar-refractivity contribution >= 4 is 11.7 Å². The third-order valence-corrected chi connectivity index (χ3v) is 3.28. The highest BCUT2D eigenvalue weighted by Gasteiger charge is 2.13. The molecular weight excluding hydrogens is 296 g/mol. The quantitative estimate of drug-likeness (QED) is 0.446. The maximum Gasteiger partial charge on any atom is 0.333 e. The second kappa shape index (κ2) is 7.46. The normalized spacial score (nSPS) is 10.1. The number of carbonyl (C=O) groups is 1. The SMILES string of the molecule is COc1cccc(NC(=O)NN)c1COc1nc(C)ccc1C. The van der Waals surface area contributed by atoms with E-state index in [9.17, 15) is 4.79 Å². The number of rotatable bonds is 5. The maximum atomic E-state index is 11.5. The molecule has 0 aliphatic carbocycles. The molecule has 7 heteroatoms. The van der Waals surface area contributed by atoms with Gasteiger partial charge in [0, 0.05) is 11.3 Å². The summed E-state index contributed by atoms with van der Waals surface area (Å²) in [7, 11) is 1.56. The van der Waals surface area contributed by atoms with Crippen LogP contribution >= 0.6 is 0 Å². The van der Waals surface area contributed by atoms with Crippen molar-refractivity contribution in [3.05, 3.63) is 47.2 Å². The summed E-state index contributed by atoms with van der Waals surface area (Å²) in [6.07, 6.45) is 0. The summed E-state index contributed by atoms with van der Waals surface area (Å²) < 4.78 is 11.1. The van der Waals surface area contributed by atoms with Gasteiger partial charge in [0.05, 0.1) is 18.4 Å². The van der Waals surface area contributed by atoms with Gasteiger partial charge < -0.3 is 14.8 Å². The Morgan fingerprint density at radius 2 is 2.04 bits per heavy atom. The molecule has 0 aliphatic heterocycles. The van der Waals surface area contributed by atoms with Crippen molar-refractivity contribution in [1.82, 2.24) is 10.4 Å². The number of hydrogen-bond donors (Lipinski definition) is 3. The highest BCUT2D eigenvalue weighted by molar-refractivity contribution is 5.90. The Labute approximate surface area is 134 Å². The first-order valence-corrected chi connectivity index (χ1v) is 7.05. The number of aromatic nitrogens is 1. The van der Waals surface area contributed by atoms with E-state index in [0.29, 0.717) is 22.9 Å². The Morgan fingerprint density at radius 1 is 1.26 bits per heavy atom. The number of ether oxygens (including phenoxy) is 2. The third-order valence-electron chi connectivity index (χ3n) is 3.28. The summed E-state index contributed by atoms with van der Waals surface area (Å²) in [6.45, 7) is 4.01. The minimum Gasteiger partial charge on any atom is -0.496 e. The first kappa shape index (κ1) is 16.6. The number of benzene rings is 1. The Hall–Kier alpha value is -2.80. The van der Waals surface area contributed by atoms with Crippen LogP contribution in [0.2, 0.25) is 0 Å². The monoisotopic (exact) mass is 316 g/mol. The van der Waals surface area contributed by atoms with Crippen LogP contribution < -0.4 is 26.1 Å². The summed E-state index contributed by atoms with van der Waals surface area (Å²) in [6, 6.07) is 8.65. The van der Waals surface area contributed by atoms with E-state index >= 15 is 0 Å². The van der Waals surface area contributed by atoms with Gasteiger partial charge in [-0.25, -0.2) is 15.6 Å². The van der Waals surface area contributed by atoms with Crippen molar-refractivity contribution in [2.45, 2.75) is 20.5 Å². The van der Waals surface area contributed by atoms with E-state index in [1.54, 1.807) is 25.3 Å². The number of carbonyl (C=O) groups excluding carboxylic acids is 1. The predicted octanol–water partition coefficient (Wildman–Crippen LogP) is 2.28. The van der Waals surface area contributed by atoms with E-state index < -0.39 is 6.03 Å². The molecule has 122 valence electrons. The van der Waals surface area contributed by atoms with Crippen LogP contribution in [0.5, 0.6) is 11.6 Å². The molecule has 4 N–H and O–H groups in total. The molecule has 2 rings (SSSR count). The molecule has 1 aromatic heterocycles. The molecule has 0 unspecified atom stereocenters. The summed E-state index contributed by atoms with van der Waals surface area (Å²) >= 11 is 0. The molecule has 0 bridgehead atoms. The van der Waals surface area contributed by atoms with E-state index in [1.807, 2.05) is 31.4 Å². The molecule has 0 atom stereocenters. The smallest absolute Gasteiger partial charge is 0.333 e. The largest absolute Gasteiger partial charge is 0.496 e. The number of methoxy groups -OCH3 is 1. The Balaban J connectivity index is 2.26. The molecule has 0 aliphatic rings. The van der Waals surface area contributed by atoms with E-state index in [-0.39, 0.29) is 6.61 Å². The topological polar surface area (TPSA) is 98.5 Å². The lowest BCUT2D eigenvalue weighted by Gasteiger charge is -2.16. The molecule has 2 amide bonds. The zero-order chi connectivity index (χ0) is 16.8. The number of aryl methyl sites for hydroxylation is 2. The number of nitrogens with one attached hydrogen (secondary N) is 2. The van der Waals surface area contributed by atoms with Crippen molar-refractivity contribution in [3.63, 3.8) is 0 Å². The predicted molar refractivity (Wildman–Crippen MR) is 87.4 cm³/mol. The van der Waals surface area contributed by atoms with Crippen molar-refractivity contribution < 1.29 is 14.3 Å². The van der Waals surface area contributed by atoms with Gasteiger partial charge in [0.1, 0.15) is 12.4 Å². The number of anilines is 1. The number of nitrogens with zero attached hydrogens (tertiary/aromatic N) is 1. The fraction of sp³-hybridized carbons (Fsp3) is 0.250. The molecule has 23 heavy (non-hydrogen) atoms. The number of amides is 2. The maximum absolute atomic E-state index is 11.5. The standard InChI is InChI=1S/C16H20N4O3/c1-10-7-8-11(2)18-15(10)23-9-12-13(19-16(21)20-17)5-4-6-14(12)22-3/h4-8H,9,17H2,1-3H3,(H2,19,20,21). The first-order valence-electron chi connectivity index (χ1n) is 7.05. The van der Waals surface area contributed by atoms with Gasteiger partial charge in [0.2, 0.25) is 5.88 Å². The number of hydrazine groups is 1. The van der Waals surface area contributed by atoms with E-state index in [1.165, 1.54) is 0 Å². The van der Waals surface area contributed by atoms with Gasteiger partial charge in [-0.15, -0.1) is 0 Å². The van der Waals surface area contributed by atoms with Crippen LogP contribution in [0.1, 0.15) is 16.8 Å². The first-order chi connectivity index (χ1) is 11.0. The van der Waals surface area contributed by atoms with Crippen LogP contribution in [0, 0.1) is 13.8 Å². The molecule has 2 aromatic rings. The molecule has 0 saturated heterocycles. The van der Waals surface area contributed by atoms with Gasteiger partial charge in [-0.1, -0.05) is 12.1 Å². The fourth-order valence-electron chi connectivity index (χ4n) is 2.07. The Kier molecular flexibility index (Phi) is 5.37. The van der Waals surface area contributed by atoms with Gasteiger partial charge in [0.15, 0.2) is 0 Å². The van der Waals surface area contributed by atoms with E-state index in [2.05, 4.69) is 10.3 Å². The summed E-state index contributed by atoms with van der Waals surface area (Å²) in [5.41, 5.74) is 5.07. The lowest BCUT2D eigenvalue weighted by molar-refractivity contribution is 0.252. The van der Waals surface area contributed by atoms with Gasteiger partial charge >= 0.3 is 6.03 Å². The molecule has 0 radical (unpaired) electrons. The lowest BCUT2D eigenvalue weighted by Crippen LogP contribution is -2.34. The zero-order valence-electron chi connectivity index (χ0n) is 13.3. The van der Waals surface area contributed by atoms with Crippen LogP contribution in [0.3, 0.4) is 0 Å². The van der Waals surface area contributed by atoms with Gasteiger partial charge in [0.25, 0.3) is 0 Å². The van der Waals surface area contributed by atoms with Crippen molar-refractivity contribution in [3.8, 4) is 11.6 Å². The second-order valence-electron chi connectivity index (χ2n) is 4.95. The summed E-state index contributed by atoms with van der Waals surface area (Å²) in [5, 5.41) is 2.64. The van der Waals surface area contributed by atoms with Crippen molar-refractivity contribution in [2.24, 2.45) is 5.84 Å². The average molecular weight is 316 g/mol. The zero-order valence-corrected chi connectivity index (χ0v) is 13.3. The van der Waals surface area contributed by atoms with Gasteiger partial charge in [-0.2, -0.15) is 0 Å². The van der Waals surface area contributed by atoms with Crippen molar-refractivity contribution in [1.29, 1.82) is 0 Å². The Morgan fingerprint density at radius 3 is 2.74 bits per heavy atom. The van der Waals surface area contributed by atoms with Crippen LogP contribution in [-0.2, 0) is 6.61 Å². The molecule has 1 heterocycles. The summed E-state index contributed by atoms with van der Waals surface area (Å²) in [4.78, 5) is 15.8. The Bertz CT molecular complexity index is 704. The molecular formula is C16H20N4O3. The number of hydrogen-bond acceptors (Lipinski definition) is 5. The number of nitrogens with two attached hydrogens (primary N) is 1. The fourth-order valence-corrected chi connectivity index (χ4v) is 2.07. The minimum atomic E-state index is -0.524. The van der Waals surface area contributed by atoms with Crippen LogP contribution in [0.25, 0.3) is 0 Å². The van der Waals surface area contributed by atoms with Gasteiger partial charge in [-0.05, 0) is 32.0 Å². The van der Waals surface area contributed by atoms with E-state index in [0.717, 1.165) is 11.3 Å². The second-order valence-corrected chi connectivity index (χ2v) is 4.95. The van der Waals surface area contributed by atoms with Gasteiger partial charge in [-0.3, -0.25) is 5.43 Å². The summed E-state index contributed by atoms with van der Waals surface area (Å²) in [5.74, 6) is 6.26. The molecule has 7 nitrogen and oxygen atoms in total. The molecule has 0 fully saturated rings. The minimum absolute atomic E-state index is 0.196. The average Bonchev–Trinajstić information content (AvgIpc) is 2.56. The van der Waals surface area contributed by atoms with Crippen LogP contribution in [0.15, 0.2) is 30.3 Å². The van der Waals surface area contributed by atoms with Crippen molar-refractivity contribution in [2.75, 3.05) is 12.4 Å². The van der Waals surface area contributed by atoms with Crippen LogP contribution in [0.4, 0.5) is 10.5 Å².